The van der Waals surface area contributed by atoms with Crippen LogP contribution in [0.25, 0.3) is 17.0 Å². The first-order valence-corrected chi connectivity index (χ1v) is 11.6. The van der Waals surface area contributed by atoms with Gasteiger partial charge in [-0.05, 0) is 56.7 Å². The summed E-state index contributed by atoms with van der Waals surface area (Å²) in [7, 11) is 0. The fourth-order valence-electron chi connectivity index (χ4n) is 4.32. The Morgan fingerprint density at radius 2 is 1.77 bits per heavy atom. The van der Waals surface area contributed by atoms with Crippen LogP contribution in [0.2, 0.25) is 0 Å². The highest BCUT2D eigenvalue weighted by Crippen LogP contribution is 2.39. The van der Waals surface area contributed by atoms with E-state index >= 15 is 0 Å². The zero-order chi connectivity index (χ0) is 24.4. The van der Waals surface area contributed by atoms with E-state index in [1.165, 1.54) is 0 Å². The summed E-state index contributed by atoms with van der Waals surface area (Å²) in [5, 5.41) is 7.38. The van der Waals surface area contributed by atoms with Crippen LogP contribution >= 0.6 is 0 Å². The molecule has 0 spiro atoms. The smallest absolute Gasteiger partial charge is 0.326 e. The molecule has 176 valence electrons. The van der Waals surface area contributed by atoms with Crippen LogP contribution < -0.4 is 15.0 Å². The molecule has 0 radical (unpaired) electrons. The van der Waals surface area contributed by atoms with Crippen LogP contribution in [0.5, 0.6) is 5.75 Å². The highest BCUT2D eigenvalue weighted by molar-refractivity contribution is 6.01. The predicted octanol–water partition coefficient (Wildman–Crippen LogP) is 6.15. The van der Waals surface area contributed by atoms with Crippen molar-refractivity contribution in [2.75, 3.05) is 11.5 Å². The summed E-state index contributed by atoms with van der Waals surface area (Å²) in [6.45, 7) is 6.45. The van der Waals surface area contributed by atoms with Crippen molar-refractivity contribution in [3.8, 4) is 17.1 Å². The molecule has 1 aromatic heterocycles. The van der Waals surface area contributed by atoms with E-state index in [0.717, 1.165) is 39.4 Å². The minimum atomic E-state index is -0.469. The molecular weight excluding hydrogens is 440 g/mol. The zero-order valence-electron chi connectivity index (χ0n) is 19.9. The molecule has 1 aliphatic rings. The van der Waals surface area contributed by atoms with E-state index in [9.17, 15) is 4.79 Å². The Kier molecular flexibility index (Phi) is 6.06. The van der Waals surface area contributed by atoms with Gasteiger partial charge in [0.2, 0.25) is 5.82 Å². The van der Waals surface area contributed by atoms with Gasteiger partial charge in [0, 0.05) is 11.3 Å². The minimum Gasteiger partial charge on any atom is -0.494 e. The summed E-state index contributed by atoms with van der Waals surface area (Å²) in [4.78, 5) is 19.7. The lowest BCUT2D eigenvalue weighted by Crippen LogP contribution is -2.46. The first-order chi connectivity index (χ1) is 17.0. The van der Waals surface area contributed by atoms with Gasteiger partial charge in [0.25, 0.3) is 5.89 Å². The largest absolute Gasteiger partial charge is 0.494 e. The molecule has 3 aromatic carbocycles. The lowest BCUT2D eigenvalue weighted by atomic mass is 9.94. The van der Waals surface area contributed by atoms with Gasteiger partial charge in [-0.15, -0.1) is 0 Å². The molecule has 0 bridgehead atoms. The van der Waals surface area contributed by atoms with Crippen molar-refractivity contribution in [2.24, 2.45) is 0 Å². The van der Waals surface area contributed by atoms with Gasteiger partial charge in [0.1, 0.15) is 5.75 Å². The topological polar surface area (TPSA) is 80.5 Å². The molecule has 1 atom stereocenters. The molecule has 35 heavy (non-hydrogen) atoms. The van der Waals surface area contributed by atoms with E-state index in [-0.39, 0.29) is 6.03 Å². The first kappa shape index (κ1) is 22.4. The number of carbonyl (C=O) groups is 1. The molecule has 2 heterocycles. The summed E-state index contributed by atoms with van der Waals surface area (Å²) in [6, 6.07) is 24.4. The molecule has 0 saturated carbocycles. The van der Waals surface area contributed by atoms with Crippen LogP contribution in [-0.4, -0.2) is 22.8 Å². The van der Waals surface area contributed by atoms with E-state index in [4.69, 9.17) is 14.2 Å². The molecule has 1 unspecified atom stereocenters. The highest BCUT2D eigenvalue weighted by atomic mass is 16.5. The third kappa shape index (κ3) is 4.40. The number of hydrogen-bond donors (Lipinski definition) is 1. The second kappa shape index (κ2) is 9.46. The number of para-hydroxylation sites is 1. The third-order valence-corrected chi connectivity index (χ3v) is 5.96. The van der Waals surface area contributed by atoms with Gasteiger partial charge in [0.15, 0.2) is 0 Å². The number of benzene rings is 3. The summed E-state index contributed by atoms with van der Waals surface area (Å²) >= 11 is 0. The number of aromatic nitrogens is 2. The van der Waals surface area contributed by atoms with Gasteiger partial charge in [-0.1, -0.05) is 59.3 Å². The molecule has 0 saturated heterocycles. The van der Waals surface area contributed by atoms with Crippen LogP contribution in [0.4, 0.5) is 10.5 Å². The highest BCUT2D eigenvalue weighted by Gasteiger charge is 2.36. The molecule has 0 aliphatic carbocycles. The number of urea groups is 1. The van der Waals surface area contributed by atoms with Crippen molar-refractivity contribution in [2.45, 2.75) is 26.8 Å². The van der Waals surface area contributed by atoms with E-state index in [0.29, 0.717) is 18.3 Å². The molecule has 5 rings (SSSR count). The molecule has 4 aromatic rings. The second-order valence-electron chi connectivity index (χ2n) is 8.35. The second-order valence-corrected chi connectivity index (χ2v) is 8.35. The number of allylic oxidation sites excluding steroid dienone is 1. The van der Waals surface area contributed by atoms with Crippen molar-refractivity contribution in [1.29, 1.82) is 0 Å². The third-order valence-electron chi connectivity index (χ3n) is 5.96. The van der Waals surface area contributed by atoms with Crippen LogP contribution in [-0.2, 0) is 0 Å². The Balaban J connectivity index is 1.62. The summed E-state index contributed by atoms with van der Waals surface area (Å²) in [5.41, 5.74) is 5.08. The van der Waals surface area contributed by atoms with Gasteiger partial charge in [-0.2, -0.15) is 4.98 Å². The van der Waals surface area contributed by atoms with E-state index in [1.54, 1.807) is 4.90 Å². The molecule has 2 amide bonds. The molecular formula is C28H26N4O3. The average Bonchev–Trinajstić information content (AvgIpc) is 3.35. The number of ether oxygens (including phenoxy) is 1. The van der Waals surface area contributed by atoms with Crippen LogP contribution in [0.3, 0.4) is 0 Å². The van der Waals surface area contributed by atoms with Gasteiger partial charge in [0.05, 0.1) is 23.9 Å². The fraction of sp³-hybridized carbons (Fsp3) is 0.179. The van der Waals surface area contributed by atoms with Crippen molar-refractivity contribution in [1.82, 2.24) is 15.5 Å². The van der Waals surface area contributed by atoms with Gasteiger partial charge in [-0.3, -0.25) is 4.90 Å². The fourth-order valence-corrected chi connectivity index (χ4v) is 4.32. The van der Waals surface area contributed by atoms with Crippen molar-refractivity contribution in [3.05, 3.63) is 102 Å². The van der Waals surface area contributed by atoms with Crippen molar-refractivity contribution < 1.29 is 14.1 Å². The number of aryl methyl sites for hydroxylation is 1. The Morgan fingerprint density at radius 3 is 2.49 bits per heavy atom. The number of nitrogens with zero attached hydrogens (tertiary/aromatic N) is 3. The van der Waals surface area contributed by atoms with E-state index in [1.807, 2.05) is 99.6 Å². The summed E-state index contributed by atoms with van der Waals surface area (Å²) in [6.07, 6.45) is 0. The SMILES string of the molecule is CCOc1ccc(C2NC(=O)N(c3ccccc3)C(C)=C2c2nc(-c3cccc(C)c3)no2)cc1. The number of anilines is 1. The Hall–Kier alpha value is -4.39. The average molecular weight is 467 g/mol. The lowest BCUT2D eigenvalue weighted by Gasteiger charge is -2.35. The maximum atomic E-state index is 13.3. The van der Waals surface area contributed by atoms with Gasteiger partial charge >= 0.3 is 6.03 Å². The quantitative estimate of drug-likeness (QED) is 0.369. The van der Waals surface area contributed by atoms with Crippen molar-refractivity contribution in [3.63, 3.8) is 0 Å². The van der Waals surface area contributed by atoms with Crippen LogP contribution in [0.15, 0.2) is 89.1 Å². The Morgan fingerprint density at radius 1 is 1.00 bits per heavy atom. The summed E-state index contributed by atoms with van der Waals surface area (Å²) in [5.74, 6) is 1.63. The number of rotatable bonds is 6. The standard InChI is InChI=1S/C28H26N4O3/c1-4-34-23-15-13-20(14-16-23)25-24(19(3)32(28(33)29-25)22-11-6-5-7-12-22)27-30-26(31-35-27)21-10-8-9-18(2)17-21/h5-17,25H,4H2,1-3H3,(H,29,33). The van der Waals surface area contributed by atoms with Crippen molar-refractivity contribution >= 4 is 17.3 Å². The lowest BCUT2D eigenvalue weighted by molar-refractivity contribution is 0.244. The molecule has 1 N–H and O–H groups in total. The molecule has 0 fully saturated rings. The first-order valence-electron chi connectivity index (χ1n) is 11.6. The minimum absolute atomic E-state index is 0.227. The number of hydrogen-bond acceptors (Lipinski definition) is 5. The maximum absolute atomic E-state index is 13.3. The van der Waals surface area contributed by atoms with Crippen LogP contribution in [0, 0.1) is 6.92 Å². The zero-order valence-corrected chi connectivity index (χ0v) is 19.9. The monoisotopic (exact) mass is 466 g/mol. The normalized spacial score (nSPS) is 15.8. The van der Waals surface area contributed by atoms with Crippen LogP contribution in [0.1, 0.15) is 36.9 Å². The van der Waals surface area contributed by atoms with E-state index in [2.05, 4.69) is 10.5 Å². The maximum Gasteiger partial charge on any atom is 0.326 e. The number of amides is 2. The molecule has 7 heteroatoms. The number of carbonyl (C=O) groups excluding carboxylic acids is 1. The van der Waals surface area contributed by atoms with Gasteiger partial charge in [-0.25, -0.2) is 4.79 Å². The molecule has 7 nitrogen and oxygen atoms in total. The molecule has 1 aliphatic heterocycles. The number of nitrogens with one attached hydrogen (secondary N) is 1. The predicted molar refractivity (Wildman–Crippen MR) is 135 cm³/mol. The Labute approximate surface area is 204 Å². The van der Waals surface area contributed by atoms with E-state index < -0.39 is 6.04 Å². The Bertz CT molecular complexity index is 1380. The summed E-state index contributed by atoms with van der Waals surface area (Å²) < 4.78 is 11.4. The van der Waals surface area contributed by atoms with Gasteiger partial charge < -0.3 is 14.6 Å².